The van der Waals surface area contributed by atoms with Gasteiger partial charge in [-0.05, 0) is 25.0 Å². The Hall–Kier alpha value is -1.62. The van der Waals surface area contributed by atoms with Crippen LogP contribution in [0.3, 0.4) is 0 Å². The summed E-state index contributed by atoms with van der Waals surface area (Å²) in [6.07, 6.45) is 3.59. The van der Waals surface area contributed by atoms with Crippen LogP contribution in [-0.4, -0.2) is 41.6 Å². The van der Waals surface area contributed by atoms with Crippen LogP contribution in [0.2, 0.25) is 0 Å². The highest BCUT2D eigenvalue weighted by Crippen LogP contribution is 2.18. The fourth-order valence-electron chi connectivity index (χ4n) is 1.98. The van der Waals surface area contributed by atoms with E-state index in [4.69, 9.17) is 0 Å². The minimum absolute atomic E-state index is 0.757. The van der Waals surface area contributed by atoms with Crippen molar-refractivity contribution in [3.8, 4) is 0 Å². The zero-order valence-corrected chi connectivity index (χ0v) is 10.9. The number of fused-ring (bicyclic) bond motifs is 1. The molecule has 2 N–H and O–H groups in total. The summed E-state index contributed by atoms with van der Waals surface area (Å²) >= 11 is 0. The van der Waals surface area contributed by atoms with Gasteiger partial charge >= 0.3 is 0 Å². The van der Waals surface area contributed by atoms with Gasteiger partial charge in [-0.3, -0.25) is 0 Å². The molecule has 3 rings (SSSR count). The van der Waals surface area contributed by atoms with Crippen molar-refractivity contribution >= 4 is 17.0 Å². The molecule has 0 amide bonds. The van der Waals surface area contributed by atoms with Gasteiger partial charge in [0.25, 0.3) is 0 Å². The van der Waals surface area contributed by atoms with E-state index in [1.807, 2.05) is 31.1 Å². The Bertz CT molecular complexity index is 541. The van der Waals surface area contributed by atoms with Crippen molar-refractivity contribution in [3.63, 3.8) is 0 Å². The first kappa shape index (κ1) is 11.5. The van der Waals surface area contributed by atoms with Crippen molar-refractivity contribution in [1.82, 2.24) is 20.3 Å². The molecule has 0 bridgehead atoms. The third-order valence-electron chi connectivity index (χ3n) is 3.21. The topological polar surface area (TPSA) is 56.8 Å². The third-order valence-corrected chi connectivity index (χ3v) is 3.21. The maximum absolute atomic E-state index is 4.54. The number of H-pyrrole nitrogens is 1. The lowest BCUT2D eigenvalue weighted by Crippen LogP contribution is -2.19. The van der Waals surface area contributed by atoms with Crippen LogP contribution in [0.1, 0.15) is 18.7 Å². The maximum Gasteiger partial charge on any atom is 0.179 e. The summed E-state index contributed by atoms with van der Waals surface area (Å²) in [5.74, 6) is 1.96. The molecule has 5 heteroatoms. The average molecular weight is 245 g/mol. The third kappa shape index (κ3) is 2.46. The standard InChI is InChI=1S/C13H19N5/c1-18(2)12-6-5-10-13(17-12)16-11(15-10)7-8-14-9-3-4-9/h5-6,9,14H,3-4,7-8H2,1-2H3,(H,15,16,17). The number of rotatable bonds is 5. The highest BCUT2D eigenvalue weighted by molar-refractivity contribution is 5.73. The molecule has 1 saturated carbocycles. The predicted molar refractivity (Wildman–Crippen MR) is 72.9 cm³/mol. The van der Waals surface area contributed by atoms with Gasteiger partial charge in [-0.15, -0.1) is 0 Å². The van der Waals surface area contributed by atoms with Gasteiger partial charge in [0.15, 0.2) is 5.65 Å². The summed E-state index contributed by atoms with van der Waals surface area (Å²) in [5, 5.41) is 3.49. The fourth-order valence-corrected chi connectivity index (χ4v) is 1.98. The summed E-state index contributed by atoms with van der Waals surface area (Å²) in [6, 6.07) is 4.81. The molecule has 18 heavy (non-hydrogen) atoms. The minimum atomic E-state index is 0.757. The van der Waals surface area contributed by atoms with Crippen LogP contribution in [0, 0.1) is 0 Å². The molecule has 0 saturated heterocycles. The normalized spacial score (nSPS) is 15.2. The summed E-state index contributed by atoms with van der Waals surface area (Å²) in [7, 11) is 3.97. The summed E-state index contributed by atoms with van der Waals surface area (Å²) in [6.45, 7) is 0.991. The van der Waals surface area contributed by atoms with Crippen molar-refractivity contribution < 1.29 is 0 Å². The first-order valence-electron chi connectivity index (χ1n) is 6.49. The molecule has 0 atom stereocenters. The summed E-state index contributed by atoms with van der Waals surface area (Å²) < 4.78 is 0. The minimum Gasteiger partial charge on any atom is -0.363 e. The largest absolute Gasteiger partial charge is 0.363 e. The monoisotopic (exact) mass is 245 g/mol. The number of aromatic nitrogens is 3. The zero-order valence-electron chi connectivity index (χ0n) is 10.9. The number of pyridine rings is 1. The maximum atomic E-state index is 4.54. The van der Waals surface area contributed by atoms with E-state index >= 15 is 0 Å². The number of hydrogen-bond donors (Lipinski definition) is 2. The van der Waals surface area contributed by atoms with Crippen molar-refractivity contribution in [2.75, 3.05) is 25.5 Å². The first-order chi connectivity index (χ1) is 8.72. The molecule has 0 aliphatic heterocycles. The number of imidazole rings is 1. The van der Waals surface area contributed by atoms with E-state index in [9.17, 15) is 0 Å². The van der Waals surface area contributed by atoms with Crippen molar-refractivity contribution in [1.29, 1.82) is 0 Å². The molecule has 1 fully saturated rings. The van der Waals surface area contributed by atoms with E-state index in [2.05, 4.69) is 20.3 Å². The second-order valence-electron chi connectivity index (χ2n) is 5.10. The molecular formula is C13H19N5. The van der Waals surface area contributed by atoms with Crippen LogP contribution in [0.15, 0.2) is 12.1 Å². The molecule has 1 aliphatic rings. The van der Waals surface area contributed by atoms with Gasteiger partial charge in [0, 0.05) is 33.1 Å². The van der Waals surface area contributed by atoms with Crippen molar-refractivity contribution in [2.24, 2.45) is 0 Å². The molecule has 2 heterocycles. The van der Waals surface area contributed by atoms with Crippen LogP contribution in [0.25, 0.3) is 11.2 Å². The summed E-state index contributed by atoms with van der Waals surface area (Å²) in [4.78, 5) is 14.4. The fraction of sp³-hybridized carbons (Fsp3) is 0.538. The molecule has 96 valence electrons. The lowest BCUT2D eigenvalue weighted by molar-refractivity contribution is 0.670. The van der Waals surface area contributed by atoms with E-state index < -0.39 is 0 Å². The highest BCUT2D eigenvalue weighted by Gasteiger charge is 2.19. The van der Waals surface area contributed by atoms with E-state index in [1.165, 1.54) is 12.8 Å². The Morgan fingerprint density at radius 1 is 1.33 bits per heavy atom. The van der Waals surface area contributed by atoms with Gasteiger partial charge in [-0.25, -0.2) is 9.97 Å². The molecule has 0 spiro atoms. The van der Waals surface area contributed by atoms with Crippen molar-refractivity contribution in [3.05, 3.63) is 18.0 Å². The Balaban J connectivity index is 1.72. The second kappa shape index (κ2) is 4.57. The summed E-state index contributed by atoms with van der Waals surface area (Å²) in [5.41, 5.74) is 1.82. The SMILES string of the molecule is CN(C)c1ccc2[nH]c(CCNC3CC3)nc2n1. The predicted octanol–water partition coefficient (Wildman–Crippen LogP) is 1.32. The van der Waals surface area contributed by atoms with Crippen molar-refractivity contribution in [2.45, 2.75) is 25.3 Å². The zero-order chi connectivity index (χ0) is 12.5. The second-order valence-corrected chi connectivity index (χ2v) is 5.10. The Labute approximate surface area is 107 Å². The lowest BCUT2D eigenvalue weighted by atomic mass is 10.4. The molecule has 2 aromatic rings. The number of nitrogens with zero attached hydrogens (tertiary/aromatic N) is 3. The molecule has 2 aromatic heterocycles. The van der Waals surface area contributed by atoms with Crippen LogP contribution < -0.4 is 10.2 Å². The van der Waals surface area contributed by atoms with Gasteiger partial charge in [0.2, 0.25) is 0 Å². The van der Waals surface area contributed by atoms with Gasteiger partial charge in [-0.2, -0.15) is 0 Å². The first-order valence-corrected chi connectivity index (χ1v) is 6.49. The van der Waals surface area contributed by atoms with Gasteiger partial charge in [0.05, 0.1) is 5.52 Å². The van der Waals surface area contributed by atoms with E-state index in [-0.39, 0.29) is 0 Å². The van der Waals surface area contributed by atoms with E-state index in [0.717, 1.165) is 41.8 Å². The molecule has 0 radical (unpaired) electrons. The lowest BCUT2D eigenvalue weighted by Gasteiger charge is -2.09. The number of aromatic amines is 1. The smallest absolute Gasteiger partial charge is 0.179 e. The Kier molecular flexibility index (Phi) is 2.91. The van der Waals surface area contributed by atoms with Gasteiger partial charge < -0.3 is 15.2 Å². The van der Waals surface area contributed by atoms with E-state index in [0.29, 0.717) is 0 Å². The van der Waals surface area contributed by atoms with Crippen LogP contribution >= 0.6 is 0 Å². The Morgan fingerprint density at radius 2 is 2.17 bits per heavy atom. The molecule has 0 unspecified atom stereocenters. The van der Waals surface area contributed by atoms with Crippen LogP contribution in [0.4, 0.5) is 5.82 Å². The molecule has 0 aromatic carbocycles. The van der Waals surface area contributed by atoms with Gasteiger partial charge in [0.1, 0.15) is 11.6 Å². The Morgan fingerprint density at radius 3 is 2.89 bits per heavy atom. The average Bonchev–Trinajstić information content (AvgIpc) is 3.07. The van der Waals surface area contributed by atoms with Gasteiger partial charge in [-0.1, -0.05) is 0 Å². The van der Waals surface area contributed by atoms with Crippen LogP contribution in [-0.2, 0) is 6.42 Å². The number of hydrogen-bond acceptors (Lipinski definition) is 4. The highest BCUT2D eigenvalue weighted by atomic mass is 15.1. The number of nitrogens with one attached hydrogen (secondary N) is 2. The quantitative estimate of drug-likeness (QED) is 0.834. The molecular weight excluding hydrogens is 226 g/mol. The molecule has 1 aliphatic carbocycles. The van der Waals surface area contributed by atoms with Crippen LogP contribution in [0.5, 0.6) is 0 Å². The number of anilines is 1. The molecule has 5 nitrogen and oxygen atoms in total. The van der Waals surface area contributed by atoms with E-state index in [1.54, 1.807) is 0 Å².